The second-order valence-corrected chi connectivity index (χ2v) is 5.25. The molecule has 6 heteroatoms. The predicted octanol–water partition coefficient (Wildman–Crippen LogP) is 4.18. The van der Waals surface area contributed by atoms with E-state index in [0.717, 1.165) is 10.4 Å². The molecule has 0 aliphatic rings. The van der Waals surface area contributed by atoms with Gasteiger partial charge in [-0.3, -0.25) is 0 Å². The molecule has 3 rings (SSSR count). The summed E-state index contributed by atoms with van der Waals surface area (Å²) in [5, 5.41) is 10.2. The number of hydrogen-bond acceptors (Lipinski definition) is 4. The van der Waals surface area contributed by atoms with Crippen LogP contribution in [0.4, 0.5) is 4.39 Å². The Morgan fingerprint density at radius 2 is 2.16 bits per heavy atom. The molecule has 0 saturated carbocycles. The molecule has 0 fully saturated rings. The summed E-state index contributed by atoms with van der Waals surface area (Å²) in [5.41, 5.74) is 0.754. The summed E-state index contributed by atoms with van der Waals surface area (Å²) < 4.78 is 18.5. The van der Waals surface area contributed by atoms with Gasteiger partial charge in [-0.2, -0.15) is 0 Å². The topological polar surface area (TPSA) is 38.9 Å². The summed E-state index contributed by atoms with van der Waals surface area (Å²) >= 11 is 7.49. The van der Waals surface area contributed by atoms with Crippen LogP contribution in [-0.4, -0.2) is 10.2 Å². The zero-order valence-electron chi connectivity index (χ0n) is 9.64. The molecule has 0 amide bonds. The van der Waals surface area contributed by atoms with Gasteiger partial charge < -0.3 is 4.42 Å². The first-order valence-electron chi connectivity index (χ1n) is 5.52. The van der Waals surface area contributed by atoms with E-state index in [1.165, 1.54) is 23.5 Å². The van der Waals surface area contributed by atoms with Crippen molar-refractivity contribution in [2.24, 2.45) is 0 Å². The minimum Gasteiger partial charge on any atom is -0.420 e. The highest BCUT2D eigenvalue weighted by Gasteiger charge is 2.11. The van der Waals surface area contributed by atoms with Gasteiger partial charge in [0.05, 0.1) is 11.3 Å². The third-order valence-electron chi connectivity index (χ3n) is 2.56. The minimum atomic E-state index is -0.362. The smallest absolute Gasteiger partial charge is 0.257 e. The number of nitrogens with zero attached hydrogens (tertiary/aromatic N) is 2. The van der Waals surface area contributed by atoms with Crippen molar-refractivity contribution in [1.82, 2.24) is 10.2 Å². The summed E-state index contributed by atoms with van der Waals surface area (Å²) in [6.07, 6.45) is 0.386. The molecule has 0 atom stereocenters. The van der Waals surface area contributed by atoms with Gasteiger partial charge in [-0.15, -0.1) is 21.5 Å². The maximum atomic E-state index is 12.9. The van der Waals surface area contributed by atoms with Crippen molar-refractivity contribution < 1.29 is 8.81 Å². The SMILES string of the molecule is Fc1ccc(Cc2nnc(-c3cccs3)o2)c(Cl)c1. The second kappa shape index (κ2) is 5.11. The van der Waals surface area contributed by atoms with Crippen LogP contribution in [-0.2, 0) is 6.42 Å². The largest absolute Gasteiger partial charge is 0.420 e. The first kappa shape index (κ1) is 12.3. The first-order chi connectivity index (χ1) is 9.22. The van der Waals surface area contributed by atoms with Crippen LogP contribution in [0.25, 0.3) is 10.8 Å². The molecule has 0 aliphatic heterocycles. The van der Waals surface area contributed by atoms with E-state index in [0.29, 0.717) is 23.2 Å². The summed E-state index contributed by atoms with van der Waals surface area (Å²) in [7, 11) is 0. The zero-order valence-corrected chi connectivity index (χ0v) is 11.2. The summed E-state index contributed by atoms with van der Waals surface area (Å²) in [5.74, 6) is 0.582. The van der Waals surface area contributed by atoms with Crippen LogP contribution < -0.4 is 0 Å². The van der Waals surface area contributed by atoms with Crippen molar-refractivity contribution in [1.29, 1.82) is 0 Å². The zero-order chi connectivity index (χ0) is 13.2. The molecule has 2 heterocycles. The van der Waals surface area contributed by atoms with Gasteiger partial charge in [0.15, 0.2) is 0 Å². The molecule has 0 aliphatic carbocycles. The van der Waals surface area contributed by atoms with Gasteiger partial charge in [0.1, 0.15) is 5.82 Å². The minimum absolute atomic E-state index is 0.357. The quantitative estimate of drug-likeness (QED) is 0.727. The molecular weight excluding hydrogens is 287 g/mol. The number of rotatable bonds is 3. The lowest BCUT2D eigenvalue weighted by molar-refractivity contribution is 0.519. The average molecular weight is 295 g/mol. The molecule has 0 saturated heterocycles. The van der Waals surface area contributed by atoms with E-state index in [-0.39, 0.29) is 5.82 Å². The molecule has 0 radical (unpaired) electrons. The molecular formula is C13H8ClFN2OS. The summed E-state index contributed by atoms with van der Waals surface area (Å²) in [4.78, 5) is 0.920. The maximum Gasteiger partial charge on any atom is 0.257 e. The van der Waals surface area contributed by atoms with Crippen molar-refractivity contribution in [3.8, 4) is 10.8 Å². The molecule has 3 aromatic rings. The third-order valence-corrected chi connectivity index (χ3v) is 3.77. The molecule has 1 aromatic carbocycles. The fourth-order valence-electron chi connectivity index (χ4n) is 1.65. The number of thiophene rings is 1. The van der Waals surface area contributed by atoms with Crippen molar-refractivity contribution in [2.75, 3.05) is 0 Å². The molecule has 0 bridgehead atoms. The average Bonchev–Trinajstić information content (AvgIpc) is 3.03. The normalized spacial score (nSPS) is 10.8. The van der Waals surface area contributed by atoms with E-state index < -0.39 is 0 Å². The molecule has 19 heavy (non-hydrogen) atoms. The number of benzene rings is 1. The Morgan fingerprint density at radius 1 is 1.26 bits per heavy atom. The molecule has 2 aromatic heterocycles. The van der Waals surface area contributed by atoms with E-state index in [2.05, 4.69) is 10.2 Å². The van der Waals surface area contributed by atoms with Gasteiger partial charge in [0.25, 0.3) is 5.89 Å². The van der Waals surface area contributed by atoms with Crippen LogP contribution in [0.5, 0.6) is 0 Å². The van der Waals surface area contributed by atoms with E-state index in [1.807, 2.05) is 17.5 Å². The van der Waals surface area contributed by atoms with Crippen molar-refractivity contribution in [3.05, 3.63) is 58.0 Å². The van der Waals surface area contributed by atoms with Crippen LogP contribution in [0, 0.1) is 5.82 Å². The predicted molar refractivity (Wildman–Crippen MR) is 71.8 cm³/mol. The third kappa shape index (κ3) is 2.67. The number of hydrogen-bond donors (Lipinski definition) is 0. The van der Waals surface area contributed by atoms with Crippen molar-refractivity contribution in [3.63, 3.8) is 0 Å². The Balaban J connectivity index is 1.84. The summed E-state index contributed by atoms with van der Waals surface area (Å²) in [6.45, 7) is 0. The van der Waals surface area contributed by atoms with Crippen molar-refractivity contribution in [2.45, 2.75) is 6.42 Å². The van der Waals surface area contributed by atoms with Gasteiger partial charge in [-0.05, 0) is 29.1 Å². The second-order valence-electron chi connectivity index (χ2n) is 3.89. The lowest BCUT2D eigenvalue weighted by Gasteiger charge is -2.00. The van der Waals surface area contributed by atoms with Crippen LogP contribution in [0.3, 0.4) is 0 Å². The molecule has 3 nitrogen and oxygen atoms in total. The van der Waals surface area contributed by atoms with Crippen molar-refractivity contribution >= 4 is 22.9 Å². The Labute approximate surface area is 117 Å². The van der Waals surface area contributed by atoms with Crippen LogP contribution in [0.1, 0.15) is 11.5 Å². The first-order valence-corrected chi connectivity index (χ1v) is 6.78. The molecule has 0 unspecified atom stereocenters. The Bertz CT molecular complexity index is 696. The highest BCUT2D eigenvalue weighted by atomic mass is 35.5. The van der Waals surface area contributed by atoms with E-state index in [4.69, 9.17) is 16.0 Å². The lowest BCUT2D eigenvalue weighted by atomic mass is 10.1. The molecule has 0 N–H and O–H groups in total. The van der Waals surface area contributed by atoms with E-state index in [1.54, 1.807) is 6.07 Å². The number of aromatic nitrogens is 2. The highest BCUT2D eigenvalue weighted by molar-refractivity contribution is 7.13. The Morgan fingerprint density at radius 3 is 2.89 bits per heavy atom. The van der Waals surface area contributed by atoms with Gasteiger partial charge >= 0.3 is 0 Å². The Kier molecular flexibility index (Phi) is 3.31. The number of halogens is 2. The summed E-state index contributed by atoms with van der Waals surface area (Å²) in [6, 6.07) is 8.07. The van der Waals surface area contributed by atoms with Gasteiger partial charge in [-0.1, -0.05) is 23.7 Å². The van der Waals surface area contributed by atoms with E-state index >= 15 is 0 Å². The molecule has 0 spiro atoms. The fourth-order valence-corrected chi connectivity index (χ4v) is 2.53. The highest BCUT2D eigenvalue weighted by Crippen LogP contribution is 2.25. The fraction of sp³-hybridized carbons (Fsp3) is 0.0769. The standard InChI is InChI=1S/C13H8ClFN2OS/c14-10-7-9(15)4-3-8(10)6-12-16-17-13(18-12)11-2-1-5-19-11/h1-5,7H,6H2. The monoisotopic (exact) mass is 294 g/mol. The maximum absolute atomic E-state index is 12.9. The lowest BCUT2D eigenvalue weighted by Crippen LogP contribution is -1.90. The van der Waals surface area contributed by atoms with E-state index in [9.17, 15) is 4.39 Å². The van der Waals surface area contributed by atoms with Gasteiger partial charge in [0.2, 0.25) is 5.89 Å². The molecule has 96 valence electrons. The van der Waals surface area contributed by atoms with Crippen LogP contribution in [0.2, 0.25) is 5.02 Å². The Hall–Kier alpha value is -1.72. The van der Waals surface area contributed by atoms with Crippen LogP contribution in [0.15, 0.2) is 40.1 Å². The van der Waals surface area contributed by atoms with Gasteiger partial charge in [-0.25, -0.2) is 4.39 Å². The van der Waals surface area contributed by atoms with Gasteiger partial charge in [0, 0.05) is 5.02 Å². The van der Waals surface area contributed by atoms with Crippen LogP contribution >= 0.6 is 22.9 Å².